The van der Waals surface area contributed by atoms with Gasteiger partial charge >= 0.3 is 5.97 Å². The van der Waals surface area contributed by atoms with Crippen LogP contribution >= 0.6 is 11.8 Å². The molecule has 1 N–H and O–H groups in total. The molecule has 1 aliphatic heterocycles. The van der Waals surface area contributed by atoms with Gasteiger partial charge in [-0.1, -0.05) is 12.1 Å². The Bertz CT molecular complexity index is 506. The molecule has 1 heterocycles. The van der Waals surface area contributed by atoms with Gasteiger partial charge in [0.15, 0.2) is 0 Å². The molecule has 5 nitrogen and oxygen atoms in total. The number of benzene rings is 1. The van der Waals surface area contributed by atoms with Crippen molar-refractivity contribution in [2.24, 2.45) is 0 Å². The van der Waals surface area contributed by atoms with Crippen molar-refractivity contribution in [3.8, 4) is 5.75 Å². The SMILES string of the molecule is COc1ccccc1C(=O)N1CCSCC1CC(=O)O. The van der Waals surface area contributed by atoms with Crippen LogP contribution in [-0.2, 0) is 4.79 Å². The van der Waals surface area contributed by atoms with E-state index in [1.54, 1.807) is 40.9 Å². The molecular formula is C14H17NO4S. The number of methoxy groups -OCH3 is 1. The Balaban J connectivity index is 2.23. The maximum Gasteiger partial charge on any atom is 0.305 e. The van der Waals surface area contributed by atoms with Crippen molar-refractivity contribution in [1.82, 2.24) is 4.90 Å². The summed E-state index contributed by atoms with van der Waals surface area (Å²) in [7, 11) is 1.52. The van der Waals surface area contributed by atoms with Crippen LogP contribution in [0.25, 0.3) is 0 Å². The largest absolute Gasteiger partial charge is 0.496 e. The minimum atomic E-state index is -0.879. The molecule has 1 fully saturated rings. The van der Waals surface area contributed by atoms with Crippen molar-refractivity contribution < 1.29 is 19.4 Å². The van der Waals surface area contributed by atoms with E-state index in [2.05, 4.69) is 0 Å². The number of amides is 1. The van der Waals surface area contributed by atoms with Gasteiger partial charge in [-0.3, -0.25) is 9.59 Å². The van der Waals surface area contributed by atoms with Crippen LogP contribution in [0.1, 0.15) is 16.8 Å². The molecule has 20 heavy (non-hydrogen) atoms. The lowest BCUT2D eigenvalue weighted by Gasteiger charge is -2.34. The Morgan fingerprint density at radius 2 is 2.20 bits per heavy atom. The van der Waals surface area contributed by atoms with Crippen molar-refractivity contribution in [3.05, 3.63) is 29.8 Å². The molecule has 0 radical (unpaired) electrons. The Morgan fingerprint density at radius 1 is 1.45 bits per heavy atom. The number of carboxylic acids is 1. The Kier molecular flexibility index (Phi) is 4.89. The highest BCUT2D eigenvalue weighted by atomic mass is 32.2. The van der Waals surface area contributed by atoms with Gasteiger partial charge in [0.2, 0.25) is 0 Å². The van der Waals surface area contributed by atoms with Crippen LogP contribution < -0.4 is 4.74 Å². The standard InChI is InChI=1S/C14H17NO4S/c1-19-12-5-3-2-4-11(12)14(18)15-6-7-20-9-10(15)8-13(16)17/h2-5,10H,6-9H2,1H3,(H,16,17). The number of carbonyl (C=O) groups is 2. The van der Waals surface area contributed by atoms with E-state index >= 15 is 0 Å². The molecule has 0 bridgehead atoms. The van der Waals surface area contributed by atoms with Crippen molar-refractivity contribution in [2.45, 2.75) is 12.5 Å². The van der Waals surface area contributed by atoms with Crippen LogP contribution in [0, 0.1) is 0 Å². The normalized spacial score (nSPS) is 18.6. The van der Waals surface area contributed by atoms with Gasteiger partial charge in [-0.25, -0.2) is 0 Å². The third-order valence-corrected chi connectivity index (χ3v) is 4.33. The zero-order valence-electron chi connectivity index (χ0n) is 11.2. The molecule has 1 amide bonds. The second-order valence-corrected chi connectivity index (χ2v) is 5.68. The maximum atomic E-state index is 12.6. The molecule has 0 aromatic heterocycles. The lowest BCUT2D eigenvalue weighted by molar-refractivity contribution is -0.138. The highest BCUT2D eigenvalue weighted by Gasteiger charge is 2.30. The van der Waals surface area contributed by atoms with Gasteiger partial charge in [0.25, 0.3) is 5.91 Å². The summed E-state index contributed by atoms with van der Waals surface area (Å²) in [5.74, 6) is 0.971. The number of rotatable bonds is 4. The highest BCUT2D eigenvalue weighted by molar-refractivity contribution is 7.99. The first kappa shape index (κ1) is 14.7. The number of hydrogen-bond donors (Lipinski definition) is 1. The van der Waals surface area contributed by atoms with E-state index in [1.165, 1.54) is 7.11 Å². The van der Waals surface area contributed by atoms with Gasteiger partial charge in [0, 0.05) is 18.1 Å². The van der Waals surface area contributed by atoms with E-state index in [0.29, 0.717) is 23.6 Å². The molecule has 1 aromatic carbocycles. The van der Waals surface area contributed by atoms with Gasteiger partial charge in [-0.15, -0.1) is 0 Å². The number of ether oxygens (including phenoxy) is 1. The van der Waals surface area contributed by atoms with E-state index in [4.69, 9.17) is 9.84 Å². The van der Waals surface area contributed by atoms with E-state index in [1.807, 2.05) is 0 Å². The first-order chi connectivity index (χ1) is 9.63. The van der Waals surface area contributed by atoms with Crippen molar-refractivity contribution in [1.29, 1.82) is 0 Å². The molecule has 0 saturated carbocycles. The minimum absolute atomic E-state index is 0.0200. The number of carbonyl (C=O) groups excluding carboxylic acids is 1. The Labute approximate surface area is 121 Å². The van der Waals surface area contributed by atoms with Crippen LogP contribution in [0.5, 0.6) is 5.75 Å². The van der Waals surface area contributed by atoms with Gasteiger partial charge in [-0.2, -0.15) is 11.8 Å². The molecule has 1 unspecified atom stereocenters. The number of carboxylic acid groups (broad SMARTS) is 1. The summed E-state index contributed by atoms with van der Waals surface area (Å²) in [6.45, 7) is 0.569. The van der Waals surface area contributed by atoms with Crippen LogP contribution in [0.4, 0.5) is 0 Å². The average molecular weight is 295 g/mol. The maximum absolute atomic E-state index is 12.6. The summed E-state index contributed by atoms with van der Waals surface area (Å²) >= 11 is 1.68. The van der Waals surface area contributed by atoms with Gasteiger partial charge in [0.05, 0.1) is 25.1 Å². The fourth-order valence-corrected chi connectivity index (χ4v) is 3.33. The first-order valence-corrected chi connectivity index (χ1v) is 7.52. The smallest absolute Gasteiger partial charge is 0.305 e. The number of para-hydroxylation sites is 1. The lowest BCUT2D eigenvalue weighted by Crippen LogP contribution is -2.47. The van der Waals surface area contributed by atoms with Crippen molar-refractivity contribution in [2.75, 3.05) is 25.2 Å². The van der Waals surface area contributed by atoms with Crippen LogP contribution in [0.15, 0.2) is 24.3 Å². The second kappa shape index (κ2) is 6.65. The van der Waals surface area contributed by atoms with E-state index in [9.17, 15) is 9.59 Å². The topological polar surface area (TPSA) is 66.8 Å². The zero-order valence-corrected chi connectivity index (χ0v) is 12.1. The molecule has 1 aliphatic rings. The lowest BCUT2D eigenvalue weighted by atomic mass is 10.1. The molecule has 0 aliphatic carbocycles. The van der Waals surface area contributed by atoms with Gasteiger partial charge in [0.1, 0.15) is 5.75 Å². The monoisotopic (exact) mass is 295 g/mol. The zero-order chi connectivity index (χ0) is 14.5. The predicted octanol–water partition coefficient (Wildman–Crippen LogP) is 1.73. The first-order valence-electron chi connectivity index (χ1n) is 6.37. The fourth-order valence-electron chi connectivity index (χ4n) is 2.27. The summed E-state index contributed by atoms with van der Waals surface area (Å²) in [5.41, 5.74) is 0.484. The number of hydrogen-bond acceptors (Lipinski definition) is 4. The minimum Gasteiger partial charge on any atom is -0.496 e. The summed E-state index contributed by atoms with van der Waals surface area (Å²) in [6, 6.07) is 6.76. The number of nitrogens with zero attached hydrogens (tertiary/aromatic N) is 1. The summed E-state index contributed by atoms with van der Waals surface area (Å²) < 4.78 is 5.20. The molecular weight excluding hydrogens is 278 g/mol. The van der Waals surface area contributed by atoms with Crippen molar-refractivity contribution >= 4 is 23.6 Å². The van der Waals surface area contributed by atoms with Crippen LogP contribution in [0.2, 0.25) is 0 Å². The highest BCUT2D eigenvalue weighted by Crippen LogP contribution is 2.25. The van der Waals surface area contributed by atoms with E-state index in [-0.39, 0.29) is 18.4 Å². The van der Waals surface area contributed by atoms with Crippen LogP contribution in [-0.4, -0.2) is 53.1 Å². The molecule has 1 atom stereocenters. The third kappa shape index (κ3) is 3.25. The summed E-state index contributed by atoms with van der Waals surface area (Å²) in [4.78, 5) is 25.2. The fraction of sp³-hybridized carbons (Fsp3) is 0.429. The predicted molar refractivity (Wildman–Crippen MR) is 77.4 cm³/mol. The Morgan fingerprint density at radius 3 is 2.90 bits per heavy atom. The molecule has 0 spiro atoms. The molecule has 1 saturated heterocycles. The number of aliphatic carboxylic acids is 1. The third-order valence-electron chi connectivity index (χ3n) is 3.24. The summed E-state index contributed by atoms with van der Waals surface area (Å²) in [6.07, 6.45) is -0.0200. The molecule has 108 valence electrons. The van der Waals surface area contributed by atoms with E-state index < -0.39 is 5.97 Å². The van der Waals surface area contributed by atoms with Gasteiger partial charge < -0.3 is 14.7 Å². The van der Waals surface area contributed by atoms with Crippen molar-refractivity contribution in [3.63, 3.8) is 0 Å². The molecule has 2 rings (SSSR count). The van der Waals surface area contributed by atoms with E-state index in [0.717, 1.165) is 5.75 Å². The number of thioether (sulfide) groups is 1. The average Bonchev–Trinajstić information content (AvgIpc) is 2.46. The Hall–Kier alpha value is -1.69. The van der Waals surface area contributed by atoms with Crippen LogP contribution in [0.3, 0.4) is 0 Å². The molecule has 6 heteroatoms. The summed E-state index contributed by atoms with van der Waals surface area (Å²) in [5, 5.41) is 8.96. The second-order valence-electron chi connectivity index (χ2n) is 4.53. The van der Waals surface area contributed by atoms with Gasteiger partial charge in [-0.05, 0) is 12.1 Å². The molecule has 1 aromatic rings. The quantitative estimate of drug-likeness (QED) is 0.916.